The molecule has 1 aliphatic heterocycles. The van der Waals surface area contributed by atoms with Gasteiger partial charge in [0.1, 0.15) is 23.3 Å². The van der Waals surface area contributed by atoms with Crippen LogP contribution >= 0.6 is 0 Å². The van der Waals surface area contributed by atoms with Gasteiger partial charge in [-0.05, 0) is 29.8 Å². The molecule has 0 radical (unpaired) electrons. The van der Waals surface area contributed by atoms with Crippen LogP contribution in [-0.2, 0) is 42.9 Å². The zero-order chi connectivity index (χ0) is 29.8. The molecule has 1 N–H and O–H groups in total. The minimum Gasteiger partial charge on any atom is -0.508 e. The van der Waals surface area contributed by atoms with Gasteiger partial charge < -0.3 is 37.9 Å². The molecule has 0 amide bonds. The fourth-order valence-electron chi connectivity index (χ4n) is 4.33. The Balaban J connectivity index is 1.71. The number of phenolic OH excluding ortho intramolecular Hbond substituents is 1. The predicted molar refractivity (Wildman–Crippen MR) is 138 cm³/mol. The fraction of sp³-hybridized carbons (Fsp3) is 0.321. The van der Waals surface area contributed by atoms with E-state index in [0.29, 0.717) is 5.56 Å². The second-order valence-corrected chi connectivity index (χ2v) is 8.97. The molecule has 2 aromatic carbocycles. The molecule has 0 saturated carbocycles. The molecule has 4 rings (SSSR count). The first-order valence-corrected chi connectivity index (χ1v) is 12.2. The minimum atomic E-state index is -1.63. The number of methoxy groups -OCH3 is 1. The highest BCUT2D eigenvalue weighted by Crippen LogP contribution is 2.32. The summed E-state index contributed by atoms with van der Waals surface area (Å²) >= 11 is 0. The Hall–Kier alpha value is -4.91. The Morgan fingerprint density at radius 2 is 1.44 bits per heavy atom. The Morgan fingerprint density at radius 1 is 0.829 bits per heavy atom. The summed E-state index contributed by atoms with van der Waals surface area (Å²) in [6.45, 7) is 3.23. The van der Waals surface area contributed by atoms with Crippen LogP contribution < -0.4 is 10.2 Å². The molecule has 0 bridgehead atoms. The van der Waals surface area contributed by atoms with Crippen molar-refractivity contribution in [2.75, 3.05) is 7.11 Å². The van der Waals surface area contributed by atoms with E-state index in [2.05, 4.69) is 0 Å². The third-order valence-corrected chi connectivity index (χ3v) is 6.01. The summed E-state index contributed by atoms with van der Waals surface area (Å²) in [5, 5.41) is 9.74. The molecule has 1 fully saturated rings. The first-order chi connectivity index (χ1) is 19.5. The summed E-state index contributed by atoms with van der Waals surface area (Å²) in [4.78, 5) is 61.5. The Bertz CT molecular complexity index is 1520. The lowest BCUT2D eigenvalue weighted by Gasteiger charge is -2.43. The van der Waals surface area contributed by atoms with Gasteiger partial charge in [0.05, 0.1) is 18.1 Å². The van der Waals surface area contributed by atoms with Crippen LogP contribution in [0.15, 0.2) is 57.9 Å². The number of hydrogen-bond donors (Lipinski definition) is 1. The van der Waals surface area contributed by atoms with Crippen molar-refractivity contribution in [1.82, 2.24) is 0 Å². The van der Waals surface area contributed by atoms with E-state index >= 15 is 0 Å². The number of carbonyl (C=O) groups is 4. The lowest BCUT2D eigenvalue weighted by atomic mass is 9.97. The van der Waals surface area contributed by atoms with E-state index in [1.165, 1.54) is 36.6 Å². The van der Waals surface area contributed by atoms with Gasteiger partial charge in [-0.15, -0.1) is 0 Å². The summed E-state index contributed by atoms with van der Waals surface area (Å²) < 4.78 is 38.0. The normalized spacial score (nSPS) is 21.9. The molecule has 13 nitrogen and oxygen atoms in total. The maximum Gasteiger partial charge on any atom is 0.339 e. The fourth-order valence-corrected chi connectivity index (χ4v) is 4.33. The highest BCUT2D eigenvalue weighted by molar-refractivity contribution is 5.82. The maximum atomic E-state index is 13.1. The van der Waals surface area contributed by atoms with Crippen molar-refractivity contribution in [3.63, 3.8) is 0 Å². The molecule has 5 atom stereocenters. The molecule has 1 saturated heterocycles. The van der Waals surface area contributed by atoms with Crippen LogP contribution in [0, 0.1) is 0 Å². The third-order valence-electron chi connectivity index (χ3n) is 6.01. The largest absolute Gasteiger partial charge is 0.508 e. The number of ether oxygens (including phenoxy) is 6. The highest BCUT2D eigenvalue weighted by atomic mass is 16.7. The zero-order valence-corrected chi connectivity index (χ0v) is 22.4. The van der Waals surface area contributed by atoms with E-state index in [-0.39, 0.29) is 33.5 Å². The van der Waals surface area contributed by atoms with Gasteiger partial charge in [-0.2, -0.15) is 0 Å². The summed E-state index contributed by atoms with van der Waals surface area (Å²) in [5.41, 5.74) is 0.582. The smallest absolute Gasteiger partial charge is 0.339 e. The van der Waals surface area contributed by atoms with Crippen LogP contribution in [-0.4, -0.2) is 66.8 Å². The van der Waals surface area contributed by atoms with Gasteiger partial charge in [-0.3, -0.25) is 19.2 Å². The average Bonchev–Trinajstić information content (AvgIpc) is 2.91. The average molecular weight is 571 g/mol. The van der Waals surface area contributed by atoms with Gasteiger partial charge in [0, 0.05) is 26.8 Å². The molecular weight excluding hydrogens is 544 g/mol. The van der Waals surface area contributed by atoms with Crippen LogP contribution in [0.2, 0.25) is 0 Å². The maximum absolute atomic E-state index is 13.1. The van der Waals surface area contributed by atoms with Crippen molar-refractivity contribution < 1.29 is 57.1 Å². The van der Waals surface area contributed by atoms with Crippen molar-refractivity contribution in [2.24, 2.45) is 0 Å². The topological polar surface area (TPSA) is 174 Å². The van der Waals surface area contributed by atoms with E-state index in [9.17, 15) is 29.1 Å². The quantitative estimate of drug-likeness (QED) is 0.324. The first kappa shape index (κ1) is 29.1. The second kappa shape index (κ2) is 12.1. The minimum absolute atomic E-state index is 0.0438. The molecule has 0 spiro atoms. The number of esters is 4. The number of fused-ring (bicyclic) bond motifs is 1. The highest BCUT2D eigenvalue weighted by Gasteiger charge is 2.55. The number of aromatic hydroxyl groups is 1. The van der Waals surface area contributed by atoms with E-state index in [4.69, 9.17) is 32.8 Å². The second-order valence-electron chi connectivity index (χ2n) is 8.97. The van der Waals surface area contributed by atoms with Crippen LogP contribution in [0.25, 0.3) is 22.1 Å². The molecule has 1 aromatic heterocycles. The van der Waals surface area contributed by atoms with E-state index in [1.54, 1.807) is 12.1 Å². The molecule has 1 aliphatic rings. The van der Waals surface area contributed by atoms with Crippen molar-refractivity contribution in [3.05, 3.63) is 59.0 Å². The van der Waals surface area contributed by atoms with Gasteiger partial charge in [0.2, 0.25) is 12.4 Å². The molecule has 13 heteroatoms. The van der Waals surface area contributed by atoms with Crippen LogP contribution in [0.3, 0.4) is 0 Å². The van der Waals surface area contributed by atoms with Crippen LogP contribution in [0.1, 0.15) is 20.8 Å². The molecule has 216 valence electrons. The van der Waals surface area contributed by atoms with Crippen molar-refractivity contribution in [1.29, 1.82) is 0 Å². The van der Waals surface area contributed by atoms with E-state index in [0.717, 1.165) is 27.9 Å². The number of rotatable bonds is 7. The zero-order valence-electron chi connectivity index (χ0n) is 22.4. The molecule has 3 aromatic rings. The molecule has 41 heavy (non-hydrogen) atoms. The molecular formula is C28H26O13. The lowest BCUT2D eigenvalue weighted by molar-refractivity contribution is -0.282. The van der Waals surface area contributed by atoms with Gasteiger partial charge in [0.15, 0.2) is 23.7 Å². The molecule has 3 unspecified atom stereocenters. The van der Waals surface area contributed by atoms with Gasteiger partial charge in [0.25, 0.3) is 0 Å². The Labute approximate surface area is 232 Å². The predicted octanol–water partition coefficient (Wildman–Crippen LogP) is 2.24. The van der Waals surface area contributed by atoms with Gasteiger partial charge in [-0.25, -0.2) is 4.79 Å². The van der Waals surface area contributed by atoms with Crippen molar-refractivity contribution >= 4 is 34.8 Å². The summed E-state index contributed by atoms with van der Waals surface area (Å²) in [6, 6.07) is 10.2. The van der Waals surface area contributed by atoms with E-state index in [1.807, 2.05) is 0 Å². The number of carbonyl (C=O) groups excluding carboxylic acids is 4. The van der Waals surface area contributed by atoms with Crippen LogP contribution in [0.4, 0.5) is 0 Å². The van der Waals surface area contributed by atoms with Gasteiger partial charge in [-0.1, -0.05) is 12.1 Å². The van der Waals surface area contributed by atoms with Gasteiger partial charge >= 0.3 is 23.9 Å². The first-order valence-electron chi connectivity index (χ1n) is 12.2. The van der Waals surface area contributed by atoms with Crippen LogP contribution in [0.5, 0.6) is 11.5 Å². The lowest BCUT2D eigenvalue weighted by Crippen LogP contribution is -2.64. The summed E-state index contributed by atoms with van der Waals surface area (Å²) in [7, 11) is 1.07. The van der Waals surface area contributed by atoms with Crippen molar-refractivity contribution in [2.45, 2.75) is 51.5 Å². The third kappa shape index (κ3) is 6.47. The SMILES string of the molecule is COC(=O)C1O[C@@H](Oc2ccc3c(=O)c(-c4ccc(O)cc4)coc3c2)C(OC(C)=O)C(OC(C)=O)[C@@H]1OC(C)=O. The number of benzene rings is 2. The van der Waals surface area contributed by atoms with Crippen molar-refractivity contribution in [3.8, 4) is 22.6 Å². The number of phenols is 1. The molecule has 0 aliphatic carbocycles. The Kier molecular flexibility index (Phi) is 8.57. The standard InChI is InChI=1S/C28H26O13/c1-13(29)37-23-24(38-14(2)30)26(39-15(3)31)28(41-25(23)27(34)35-4)40-18-9-10-19-21(11-18)36-12-20(22(19)33)16-5-7-17(32)8-6-16/h5-12,23-26,28,32H,1-4H3/t23-,24?,25?,26?,28+/m0/s1. The summed E-state index contributed by atoms with van der Waals surface area (Å²) in [5.74, 6) is -3.34. The Morgan fingerprint density at radius 3 is 2.05 bits per heavy atom. The monoisotopic (exact) mass is 570 g/mol. The van der Waals surface area contributed by atoms with E-state index < -0.39 is 54.6 Å². The summed E-state index contributed by atoms with van der Waals surface area (Å²) in [6.07, 6.45) is -6.50. The molecule has 2 heterocycles. The number of hydrogen-bond acceptors (Lipinski definition) is 13.